The summed E-state index contributed by atoms with van der Waals surface area (Å²) in [6.07, 6.45) is 0. The van der Waals surface area contributed by atoms with Crippen molar-refractivity contribution >= 4 is 30.1 Å². The van der Waals surface area contributed by atoms with Gasteiger partial charge in [0.1, 0.15) is 0 Å². The molecule has 1 aromatic carbocycles. The Kier molecular flexibility index (Phi) is 4.06. The van der Waals surface area contributed by atoms with Crippen molar-refractivity contribution in [2.24, 2.45) is 0 Å². The van der Waals surface area contributed by atoms with Crippen LogP contribution in [0.15, 0.2) is 18.2 Å². The van der Waals surface area contributed by atoms with Crippen LogP contribution in [0, 0.1) is 0 Å². The van der Waals surface area contributed by atoms with E-state index in [0.29, 0.717) is 11.2 Å². The lowest BCUT2D eigenvalue weighted by atomic mass is 9.75. The van der Waals surface area contributed by atoms with Crippen molar-refractivity contribution in [1.82, 2.24) is 0 Å². The first-order chi connectivity index (χ1) is 10.0. The third-order valence-corrected chi connectivity index (χ3v) is 4.11. The Balaban J connectivity index is 2.40. The third kappa shape index (κ3) is 3.00. The van der Waals surface area contributed by atoms with Crippen molar-refractivity contribution in [3.8, 4) is 0 Å². The molecule has 1 aromatic rings. The molecule has 22 heavy (non-hydrogen) atoms. The molecule has 0 saturated carbocycles. The average molecular weight is 305 g/mol. The van der Waals surface area contributed by atoms with Gasteiger partial charge in [0.2, 0.25) is 5.91 Å². The van der Waals surface area contributed by atoms with Crippen molar-refractivity contribution in [2.75, 3.05) is 5.32 Å². The van der Waals surface area contributed by atoms with E-state index in [2.05, 4.69) is 5.32 Å². The van der Waals surface area contributed by atoms with Gasteiger partial charge >= 0.3 is 13.1 Å². The van der Waals surface area contributed by atoms with E-state index in [0.717, 1.165) is 0 Å². The van der Waals surface area contributed by atoms with Crippen molar-refractivity contribution in [3.63, 3.8) is 0 Å². The van der Waals surface area contributed by atoms with Gasteiger partial charge in [-0.15, -0.1) is 0 Å². The summed E-state index contributed by atoms with van der Waals surface area (Å²) in [6.45, 7) is 8.97. The average Bonchev–Trinajstić information content (AvgIpc) is 2.57. The molecule has 0 aromatic heterocycles. The third-order valence-electron chi connectivity index (χ3n) is 4.11. The van der Waals surface area contributed by atoms with Crippen LogP contribution in [0.1, 0.15) is 45.0 Å². The second kappa shape index (κ2) is 5.41. The number of hydrogen-bond donors (Lipinski definition) is 2. The normalized spacial score (nSPS) is 19.0. The number of aromatic carboxylic acids is 1. The van der Waals surface area contributed by atoms with E-state index in [9.17, 15) is 14.7 Å². The summed E-state index contributed by atoms with van der Waals surface area (Å²) in [5.41, 5.74) is -0.205. The Hall–Kier alpha value is -1.86. The Labute approximate surface area is 129 Å². The number of rotatable bonds is 3. The maximum atomic E-state index is 11.5. The fourth-order valence-corrected chi connectivity index (χ4v) is 2.20. The first-order valence-corrected chi connectivity index (χ1v) is 7.04. The highest BCUT2D eigenvalue weighted by Gasteiger charge is 2.52. The minimum atomic E-state index is -1.10. The summed E-state index contributed by atoms with van der Waals surface area (Å²) in [7, 11) is -0.762. The molecule has 1 saturated heterocycles. The quantitative estimate of drug-likeness (QED) is 0.829. The number of carbonyl (C=O) groups excluding carboxylic acids is 1. The van der Waals surface area contributed by atoms with Crippen LogP contribution >= 0.6 is 0 Å². The molecule has 2 N–H and O–H groups in total. The van der Waals surface area contributed by atoms with Crippen LogP contribution < -0.4 is 10.8 Å². The molecule has 1 fully saturated rings. The minimum absolute atomic E-state index is 0.0461. The lowest BCUT2D eigenvalue weighted by Crippen LogP contribution is -2.41. The number of benzene rings is 1. The van der Waals surface area contributed by atoms with Gasteiger partial charge in [0.05, 0.1) is 16.8 Å². The molecule has 1 aliphatic rings. The second-order valence-electron chi connectivity index (χ2n) is 6.38. The molecule has 0 bridgehead atoms. The van der Waals surface area contributed by atoms with E-state index in [1.807, 2.05) is 27.7 Å². The molecule has 0 atom stereocenters. The summed E-state index contributed by atoms with van der Waals surface area (Å²) < 4.78 is 11.8. The van der Waals surface area contributed by atoms with Gasteiger partial charge < -0.3 is 19.7 Å². The summed E-state index contributed by atoms with van der Waals surface area (Å²) in [5.74, 6) is -1.36. The summed E-state index contributed by atoms with van der Waals surface area (Å²) in [5, 5.41) is 12.0. The fraction of sp³-hybridized carbons (Fsp3) is 0.467. The van der Waals surface area contributed by atoms with Crippen molar-refractivity contribution in [3.05, 3.63) is 23.8 Å². The molecule has 0 aliphatic carbocycles. The van der Waals surface area contributed by atoms with Crippen LogP contribution in [0.3, 0.4) is 0 Å². The number of carboxylic acids is 1. The number of carbonyl (C=O) groups is 2. The molecule has 1 amide bonds. The topological polar surface area (TPSA) is 84.9 Å². The van der Waals surface area contributed by atoms with Gasteiger partial charge in [0.15, 0.2) is 0 Å². The molecule has 118 valence electrons. The van der Waals surface area contributed by atoms with E-state index in [4.69, 9.17) is 9.31 Å². The molecular weight excluding hydrogens is 285 g/mol. The zero-order valence-electron chi connectivity index (χ0n) is 13.4. The zero-order chi connectivity index (χ0) is 16.7. The van der Waals surface area contributed by atoms with E-state index in [-0.39, 0.29) is 11.5 Å². The second-order valence-corrected chi connectivity index (χ2v) is 6.38. The van der Waals surface area contributed by atoms with Crippen molar-refractivity contribution < 1.29 is 24.0 Å². The number of anilines is 1. The number of hydrogen-bond acceptors (Lipinski definition) is 4. The molecule has 6 nitrogen and oxygen atoms in total. The monoisotopic (exact) mass is 305 g/mol. The van der Waals surface area contributed by atoms with Crippen LogP contribution in [0.2, 0.25) is 0 Å². The Morgan fingerprint density at radius 1 is 1.14 bits per heavy atom. The summed E-state index contributed by atoms with van der Waals surface area (Å²) >= 11 is 0. The van der Waals surface area contributed by atoms with E-state index < -0.39 is 24.3 Å². The molecule has 0 radical (unpaired) electrons. The van der Waals surface area contributed by atoms with Crippen molar-refractivity contribution in [2.45, 2.75) is 45.8 Å². The van der Waals surface area contributed by atoms with Crippen molar-refractivity contribution in [1.29, 1.82) is 0 Å². The Morgan fingerprint density at radius 3 is 2.14 bits per heavy atom. The van der Waals surface area contributed by atoms with Gasteiger partial charge in [-0.05, 0) is 45.3 Å². The van der Waals surface area contributed by atoms with Gasteiger partial charge in [0.25, 0.3) is 0 Å². The number of carboxylic acid groups (broad SMARTS) is 1. The molecule has 2 rings (SSSR count). The van der Waals surface area contributed by atoms with Gasteiger partial charge in [-0.25, -0.2) is 4.79 Å². The van der Waals surface area contributed by atoms with E-state index in [1.54, 1.807) is 12.1 Å². The first-order valence-electron chi connectivity index (χ1n) is 7.04. The van der Waals surface area contributed by atoms with Crippen LogP contribution in [0.4, 0.5) is 5.69 Å². The van der Waals surface area contributed by atoms with Gasteiger partial charge in [-0.3, -0.25) is 4.79 Å². The smallest absolute Gasteiger partial charge is 0.478 e. The Morgan fingerprint density at radius 2 is 1.68 bits per heavy atom. The minimum Gasteiger partial charge on any atom is -0.478 e. The lowest BCUT2D eigenvalue weighted by molar-refractivity contribution is -0.114. The van der Waals surface area contributed by atoms with Gasteiger partial charge in [-0.1, -0.05) is 6.07 Å². The molecule has 1 heterocycles. The summed E-state index contributed by atoms with van der Waals surface area (Å²) in [6, 6.07) is 4.65. The predicted octanol–water partition coefficient (Wildman–Crippen LogP) is 1.64. The summed E-state index contributed by atoms with van der Waals surface area (Å²) in [4.78, 5) is 22.6. The fourth-order valence-electron chi connectivity index (χ4n) is 2.20. The van der Waals surface area contributed by atoms with Crippen LogP contribution in [0.25, 0.3) is 0 Å². The molecule has 7 heteroatoms. The van der Waals surface area contributed by atoms with E-state index in [1.165, 1.54) is 13.0 Å². The molecule has 0 spiro atoms. The maximum absolute atomic E-state index is 11.5. The highest BCUT2D eigenvalue weighted by atomic mass is 16.7. The maximum Gasteiger partial charge on any atom is 0.495 e. The molecule has 0 unspecified atom stereocenters. The molecular formula is C15H20BNO5. The largest absolute Gasteiger partial charge is 0.495 e. The van der Waals surface area contributed by atoms with E-state index >= 15 is 0 Å². The van der Waals surface area contributed by atoms with Crippen LogP contribution in [0.5, 0.6) is 0 Å². The number of amides is 1. The van der Waals surface area contributed by atoms with Gasteiger partial charge in [-0.2, -0.15) is 0 Å². The van der Waals surface area contributed by atoms with Crippen LogP contribution in [-0.2, 0) is 14.1 Å². The number of nitrogens with one attached hydrogen (secondary N) is 1. The van der Waals surface area contributed by atoms with Gasteiger partial charge in [0, 0.05) is 12.6 Å². The highest BCUT2D eigenvalue weighted by molar-refractivity contribution is 6.63. The molecule has 1 aliphatic heterocycles. The lowest BCUT2D eigenvalue weighted by Gasteiger charge is -2.32. The predicted molar refractivity (Wildman–Crippen MR) is 83.4 cm³/mol. The highest BCUT2D eigenvalue weighted by Crippen LogP contribution is 2.36. The van der Waals surface area contributed by atoms with Crippen LogP contribution in [-0.4, -0.2) is 35.3 Å². The first kappa shape index (κ1) is 16.5. The standard InChI is InChI=1S/C15H20BNO5/c1-9(18)17-10-6-7-12(11(8-10)13(19)20)16-21-14(2,3)15(4,5)22-16/h6-8H,1-5H3,(H,17,18)(H,19,20). The SMILES string of the molecule is CC(=O)Nc1ccc(B2OC(C)(C)C(C)(C)O2)c(C(=O)O)c1. The zero-order valence-corrected chi connectivity index (χ0v) is 13.4. The Bertz CT molecular complexity index is 610.